The Labute approximate surface area is 60.9 Å². The third kappa shape index (κ3) is 2.53. The molecule has 0 saturated heterocycles. The van der Waals surface area contributed by atoms with Crippen molar-refractivity contribution in [1.29, 1.82) is 0 Å². The second-order valence-electron chi connectivity index (χ2n) is 2.16. The average Bonchev–Trinajstić information content (AvgIpc) is 2.10. The van der Waals surface area contributed by atoms with E-state index >= 15 is 0 Å². The van der Waals surface area contributed by atoms with Crippen molar-refractivity contribution in [3.05, 3.63) is 18.5 Å². The summed E-state index contributed by atoms with van der Waals surface area (Å²) in [6.07, 6.45) is -2.04. The van der Waals surface area contributed by atoms with Gasteiger partial charge in [-0.05, 0) is 6.07 Å². The van der Waals surface area contributed by atoms with Gasteiger partial charge in [-0.25, -0.2) is 0 Å². The molecule has 1 aromatic rings. The van der Waals surface area contributed by atoms with Crippen LogP contribution in [0.1, 0.15) is 0 Å². The number of aromatic hydroxyl groups is 1. The lowest BCUT2D eigenvalue weighted by Gasteiger charge is -2.05. The highest BCUT2D eigenvalue weighted by Crippen LogP contribution is 2.19. The number of aromatic nitrogens is 1. The van der Waals surface area contributed by atoms with E-state index < -0.39 is 12.7 Å². The van der Waals surface area contributed by atoms with Gasteiger partial charge < -0.3 is 9.67 Å². The molecule has 0 atom stereocenters. The van der Waals surface area contributed by atoms with Crippen LogP contribution in [0.25, 0.3) is 0 Å². The Kier molecular flexibility index (Phi) is 1.80. The highest BCUT2D eigenvalue weighted by molar-refractivity contribution is 5.14. The third-order valence-electron chi connectivity index (χ3n) is 1.10. The minimum atomic E-state index is -4.23. The highest BCUT2D eigenvalue weighted by Gasteiger charge is 2.27. The summed E-state index contributed by atoms with van der Waals surface area (Å²) in [6.45, 7) is -1.06. The summed E-state index contributed by atoms with van der Waals surface area (Å²) in [5.74, 6) is -0.158. The van der Waals surface area contributed by atoms with Crippen molar-refractivity contribution < 1.29 is 18.3 Å². The molecule has 0 saturated carbocycles. The first kappa shape index (κ1) is 7.97. The monoisotopic (exact) mass is 165 g/mol. The molecule has 11 heavy (non-hydrogen) atoms. The van der Waals surface area contributed by atoms with Gasteiger partial charge in [-0.15, -0.1) is 0 Å². The average molecular weight is 165 g/mol. The van der Waals surface area contributed by atoms with E-state index in [1.54, 1.807) is 0 Å². The Balaban J connectivity index is 2.65. The minimum Gasteiger partial charge on any atom is -0.506 e. The molecule has 0 aliphatic carbocycles. The van der Waals surface area contributed by atoms with E-state index in [1.807, 2.05) is 0 Å². The molecular formula is C6H6F3NO. The van der Waals surface area contributed by atoms with E-state index in [0.717, 1.165) is 10.8 Å². The molecule has 0 aliphatic heterocycles. The maximum absolute atomic E-state index is 11.6. The molecule has 0 fully saturated rings. The maximum Gasteiger partial charge on any atom is 0.406 e. The van der Waals surface area contributed by atoms with Gasteiger partial charge in [0.1, 0.15) is 12.3 Å². The van der Waals surface area contributed by atoms with Gasteiger partial charge in [0, 0.05) is 12.4 Å². The number of hydrogen-bond acceptors (Lipinski definition) is 1. The van der Waals surface area contributed by atoms with Crippen molar-refractivity contribution in [2.24, 2.45) is 0 Å². The van der Waals surface area contributed by atoms with Gasteiger partial charge in [-0.3, -0.25) is 0 Å². The first-order valence-corrected chi connectivity index (χ1v) is 2.89. The summed E-state index contributed by atoms with van der Waals surface area (Å²) < 4.78 is 35.8. The van der Waals surface area contributed by atoms with Gasteiger partial charge in [-0.1, -0.05) is 0 Å². The smallest absolute Gasteiger partial charge is 0.406 e. The summed E-state index contributed by atoms with van der Waals surface area (Å²) in [5, 5.41) is 8.66. The minimum absolute atomic E-state index is 0.158. The van der Waals surface area contributed by atoms with Crippen LogP contribution in [0.2, 0.25) is 0 Å². The predicted octanol–water partition coefficient (Wildman–Crippen LogP) is 1.76. The molecule has 0 aliphatic rings. The SMILES string of the molecule is Oc1ccn(CC(F)(F)F)c1. The Bertz CT molecular complexity index is 240. The van der Waals surface area contributed by atoms with Crippen molar-refractivity contribution in [1.82, 2.24) is 4.57 Å². The van der Waals surface area contributed by atoms with E-state index in [9.17, 15) is 13.2 Å². The topological polar surface area (TPSA) is 25.2 Å². The fourth-order valence-electron chi connectivity index (χ4n) is 0.733. The molecule has 2 nitrogen and oxygen atoms in total. The first-order valence-electron chi connectivity index (χ1n) is 2.89. The number of nitrogens with zero attached hydrogens (tertiary/aromatic N) is 1. The quantitative estimate of drug-likeness (QED) is 0.673. The third-order valence-corrected chi connectivity index (χ3v) is 1.10. The molecule has 1 N–H and O–H groups in total. The summed E-state index contributed by atoms with van der Waals surface area (Å²) in [4.78, 5) is 0. The fourth-order valence-corrected chi connectivity index (χ4v) is 0.733. The van der Waals surface area contributed by atoms with E-state index in [0.29, 0.717) is 0 Å². The van der Waals surface area contributed by atoms with Crippen LogP contribution in [0.4, 0.5) is 13.2 Å². The Morgan fingerprint density at radius 2 is 2.09 bits per heavy atom. The highest BCUT2D eigenvalue weighted by atomic mass is 19.4. The fraction of sp³-hybridized carbons (Fsp3) is 0.333. The van der Waals surface area contributed by atoms with Crippen LogP contribution >= 0.6 is 0 Å². The lowest BCUT2D eigenvalue weighted by molar-refractivity contribution is -0.140. The van der Waals surface area contributed by atoms with Gasteiger partial charge in [0.2, 0.25) is 0 Å². The number of halogens is 3. The van der Waals surface area contributed by atoms with E-state index in [2.05, 4.69) is 0 Å². The summed E-state index contributed by atoms with van der Waals surface area (Å²) in [7, 11) is 0. The van der Waals surface area contributed by atoms with Crippen molar-refractivity contribution in [2.45, 2.75) is 12.7 Å². The molecule has 1 rings (SSSR count). The van der Waals surface area contributed by atoms with E-state index in [-0.39, 0.29) is 5.75 Å². The molecule has 1 aromatic heterocycles. The normalized spacial score (nSPS) is 11.9. The van der Waals surface area contributed by atoms with Crippen LogP contribution in [0, 0.1) is 0 Å². The zero-order valence-electron chi connectivity index (χ0n) is 5.47. The number of alkyl halides is 3. The molecule has 0 unspecified atom stereocenters. The molecule has 0 spiro atoms. The number of hydrogen-bond donors (Lipinski definition) is 1. The van der Waals surface area contributed by atoms with Gasteiger partial charge >= 0.3 is 6.18 Å². The lowest BCUT2D eigenvalue weighted by atomic mass is 10.6. The molecule has 0 amide bonds. The van der Waals surface area contributed by atoms with Crippen LogP contribution < -0.4 is 0 Å². The maximum atomic E-state index is 11.6. The predicted molar refractivity (Wildman–Crippen MR) is 32.2 cm³/mol. The van der Waals surface area contributed by atoms with E-state index in [1.165, 1.54) is 12.3 Å². The zero-order chi connectivity index (χ0) is 8.48. The summed E-state index contributed by atoms with van der Waals surface area (Å²) in [6, 6.07) is 1.20. The van der Waals surface area contributed by atoms with Crippen LogP contribution in [-0.2, 0) is 6.54 Å². The van der Waals surface area contributed by atoms with Crippen molar-refractivity contribution in [2.75, 3.05) is 0 Å². The first-order chi connectivity index (χ1) is 4.97. The largest absolute Gasteiger partial charge is 0.506 e. The standard InChI is InChI=1S/C6H6F3NO/c7-6(8,9)4-10-2-1-5(11)3-10/h1-3,11H,4H2. The number of rotatable bonds is 1. The van der Waals surface area contributed by atoms with Crippen LogP contribution in [-0.4, -0.2) is 15.8 Å². The molecule has 0 aromatic carbocycles. The van der Waals surface area contributed by atoms with Gasteiger partial charge in [0.25, 0.3) is 0 Å². The van der Waals surface area contributed by atoms with Crippen molar-refractivity contribution in [3.8, 4) is 5.75 Å². The van der Waals surface area contributed by atoms with Crippen LogP contribution in [0.3, 0.4) is 0 Å². The van der Waals surface area contributed by atoms with Crippen LogP contribution in [0.5, 0.6) is 5.75 Å². The lowest BCUT2D eigenvalue weighted by Crippen LogP contribution is -2.16. The Morgan fingerprint density at radius 1 is 1.45 bits per heavy atom. The molecule has 0 radical (unpaired) electrons. The summed E-state index contributed by atoms with van der Waals surface area (Å²) in [5.41, 5.74) is 0. The zero-order valence-corrected chi connectivity index (χ0v) is 5.47. The second-order valence-corrected chi connectivity index (χ2v) is 2.16. The molecule has 5 heteroatoms. The Morgan fingerprint density at radius 3 is 2.45 bits per heavy atom. The van der Waals surface area contributed by atoms with Gasteiger partial charge in [0.05, 0.1) is 0 Å². The second kappa shape index (κ2) is 2.48. The molecule has 62 valence electrons. The Hall–Kier alpha value is -1.13. The van der Waals surface area contributed by atoms with Gasteiger partial charge in [0.15, 0.2) is 0 Å². The van der Waals surface area contributed by atoms with Crippen LogP contribution in [0.15, 0.2) is 18.5 Å². The van der Waals surface area contributed by atoms with Gasteiger partial charge in [-0.2, -0.15) is 13.2 Å². The molecule has 1 heterocycles. The van der Waals surface area contributed by atoms with Crippen molar-refractivity contribution in [3.63, 3.8) is 0 Å². The summed E-state index contributed by atoms with van der Waals surface area (Å²) >= 11 is 0. The molecular weight excluding hydrogens is 159 g/mol. The molecule has 0 bridgehead atoms. The van der Waals surface area contributed by atoms with Crippen molar-refractivity contribution >= 4 is 0 Å². The van der Waals surface area contributed by atoms with E-state index in [4.69, 9.17) is 5.11 Å².